The van der Waals surface area contributed by atoms with Gasteiger partial charge in [-0.3, -0.25) is 19.3 Å². The molecule has 1 unspecified atom stereocenters. The van der Waals surface area contributed by atoms with Crippen molar-refractivity contribution >= 4 is 23.4 Å². The van der Waals surface area contributed by atoms with Gasteiger partial charge in [0.1, 0.15) is 24.2 Å². The Morgan fingerprint density at radius 2 is 1.76 bits per heavy atom. The molecule has 3 amide bonds. The van der Waals surface area contributed by atoms with Gasteiger partial charge in [0, 0.05) is 6.07 Å². The second kappa shape index (κ2) is 7.31. The Hall–Kier alpha value is -3.22. The Bertz CT molecular complexity index is 969. The zero-order valence-electron chi connectivity index (χ0n) is 16.2. The van der Waals surface area contributed by atoms with Crippen molar-refractivity contribution in [2.75, 3.05) is 18.1 Å². The van der Waals surface area contributed by atoms with Crippen molar-refractivity contribution < 1.29 is 23.5 Å². The number of anilines is 1. The van der Waals surface area contributed by atoms with E-state index in [2.05, 4.69) is 0 Å². The third-order valence-electron chi connectivity index (χ3n) is 5.17. The normalized spacial score (nSPS) is 16.6. The maximum absolute atomic E-state index is 13.8. The van der Waals surface area contributed by atoms with E-state index >= 15 is 0 Å². The number of hydrogen-bond donors (Lipinski definition) is 0. The molecule has 0 saturated heterocycles. The average Bonchev–Trinajstić information content (AvgIpc) is 2.96. The van der Waals surface area contributed by atoms with Gasteiger partial charge >= 0.3 is 0 Å². The highest BCUT2D eigenvalue weighted by molar-refractivity contribution is 6.23. The summed E-state index contributed by atoms with van der Waals surface area (Å²) in [4.78, 5) is 41.9. The second-order valence-corrected chi connectivity index (χ2v) is 7.62. The molecule has 7 heteroatoms. The van der Waals surface area contributed by atoms with E-state index in [0.717, 1.165) is 4.90 Å². The molecule has 2 aliphatic heterocycles. The summed E-state index contributed by atoms with van der Waals surface area (Å²) in [6, 6.07) is 9.56. The molecule has 0 aliphatic carbocycles. The Morgan fingerprint density at radius 1 is 1.10 bits per heavy atom. The van der Waals surface area contributed by atoms with Gasteiger partial charge < -0.3 is 9.64 Å². The van der Waals surface area contributed by atoms with Crippen molar-refractivity contribution in [2.45, 2.75) is 26.3 Å². The van der Waals surface area contributed by atoms with Gasteiger partial charge in [0.2, 0.25) is 0 Å². The average molecular weight is 396 g/mol. The van der Waals surface area contributed by atoms with Gasteiger partial charge in [-0.2, -0.15) is 0 Å². The molecule has 150 valence electrons. The maximum atomic E-state index is 13.8. The number of imide groups is 1. The summed E-state index contributed by atoms with van der Waals surface area (Å²) in [6.45, 7) is 4.31. The fraction of sp³-hybridized carbons (Fsp3) is 0.318. The van der Waals surface area contributed by atoms with Crippen LogP contribution in [0, 0.1) is 11.7 Å². The lowest BCUT2D eigenvalue weighted by atomic mass is 10.0. The van der Waals surface area contributed by atoms with E-state index in [1.54, 1.807) is 24.3 Å². The second-order valence-electron chi connectivity index (χ2n) is 7.62. The molecule has 29 heavy (non-hydrogen) atoms. The fourth-order valence-corrected chi connectivity index (χ4v) is 3.85. The zero-order chi connectivity index (χ0) is 20.7. The van der Waals surface area contributed by atoms with Crippen LogP contribution in [-0.4, -0.2) is 41.8 Å². The van der Waals surface area contributed by atoms with E-state index in [4.69, 9.17) is 4.74 Å². The minimum absolute atomic E-state index is 0.0567. The molecule has 0 aromatic heterocycles. The predicted molar refractivity (Wildman–Crippen MR) is 104 cm³/mol. The van der Waals surface area contributed by atoms with Crippen LogP contribution in [0.3, 0.4) is 0 Å². The molecule has 6 nitrogen and oxygen atoms in total. The molecule has 0 saturated carbocycles. The van der Waals surface area contributed by atoms with E-state index in [0.29, 0.717) is 29.0 Å². The molecule has 4 rings (SSSR count). The standard InChI is InChI=1S/C22H21FN2O4/c1-13(2)11-18(25-20(26)15-5-3-4-6-16(15)21(25)27)22(28)24-9-10-29-19-8-7-14(23)12-17(19)24/h3-8,12-13,18H,9-11H2,1-2H3. The molecule has 2 aromatic rings. The topological polar surface area (TPSA) is 66.9 Å². The molecule has 2 heterocycles. The van der Waals surface area contributed by atoms with Crippen LogP contribution in [0.4, 0.5) is 10.1 Å². The van der Waals surface area contributed by atoms with Crippen molar-refractivity contribution in [1.82, 2.24) is 4.90 Å². The largest absolute Gasteiger partial charge is 0.490 e. The summed E-state index contributed by atoms with van der Waals surface area (Å²) < 4.78 is 19.4. The highest BCUT2D eigenvalue weighted by Crippen LogP contribution is 2.35. The number of benzene rings is 2. The van der Waals surface area contributed by atoms with Gasteiger partial charge in [0.25, 0.3) is 17.7 Å². The van der Waals surface area contributed by atoms with E-state index in [9.17, 15) is 18.8 Å². The molecule has 0 fully saturated rings. The molecular weight excluding hydrogens is 375 g/mol. The van der Waals surface area contributed by atoms with Gasteiger partial charge in [-0.05, 0) is 36.6 Å². The van der Waals surface area contributed by atoms with Crippen LogP contribution in [0.25, 0.3) is 0 Å². The monoisotopic (exact) mass is 396 g/mol. The number of carbonyl (C=O) groups excluding carboxylic acids is 3. The van der Waals surface area contributed by atoms with E-state index in [1.807, 2.05) is 13.8 Å². The predicted octanol–water partition coefficient (Wildman–Crippen LogP) is 3.26. The number of fused-ring (bicyclic) bond motifs is 2. The summed E-state index contributed by atoms with van der Waals surface area (Å²) in [5.41, 5.74) is 0.909. The third-order valence-corrected chi connectivity index (χ3v) is 5.17. The van der Waals surface area contributed by atoms with Crippen molar-refractivity contribution in [3.05, 3.63) is 59.4 Å². The minimum Gasteiger partial charge on any atom is -0.490 e. The quantitative estimate of drug-likeness (QED) is 0.744. The summed E-state index contributed by atoms with van der Waals surface area (Å²) in [5.74, 6) is -1.40. The number of rotatable bonds is 4. The molecule has 1 atom stereocenters. The van der Waals surface area contributed by atoms with Crippen molar-refractivity contribution in [3.63, 3.8) is 0 Å². The number of amides is 3. The number of halogens is 1. The van der Waals surface area contributed by atoms with E-state index < -0.39 is 29.6 Å². The van der Waals surface area contributed by atoms with Gasteiger partial charge in [-0.25, -0.2) is 4.39 Å². The molecule has 2 aliphatic rings. The van der Waals surface area contributed by atoms with Gasteiger partial charge in [-0.1, -0.05) is 26.0 Å². The van der Waals surface area contributed by atoms with Crippen LogP contribution in [0.15, 0.2) is 42.5 Å². The molecule has 0 N–H and O–H groups in total. The fourth-order valence-electron chi connectivity index (χ4n) is 3.85. The Labute approximate surface area is 167 Å². The number of carbonyl (C=O) groups is 3. The SMILES string of the molecule is CC(C)CC(C(=O)N1CCOc2ccc(F)cc21)N1C(=O)c2ccccc2C1=O. The third kappa shape index (κ3) is 3.26. The van der Waals surface area contributed by atoms with Crippen LogP contribution in [0.5, 0.6) is 5.75 Å². The van der Waals surface area contributed by atoms with Crippen molar-refractivity contribution in [3.8, 4) is 5.75 Å². The van der Waals surface area contributed by atoms with Crippen LogP contribution >= 0.6 is 0 Å². The first-order chi connectivity index (χ1) is 13.9. The van der Waals surface area contributed by atoms with Crippen LogP contribution in [0.1, 0.15) is 41.0 Å². The van der Waals surface area contributed by atoms with Gasteiger partial charge in [0.05, 0.1) is 23.4 Å². The van der Waals surface area contributed by atoms with Gasteiger partial charge in [-0.15, -0.1) is 0 Å². The minimum atomic E-state index is -0.975. The number of hydrogen-bond acceptors (Lipinski definition) is 4. The molecule has 0 spiro atoms. The number of ether oxygens (including phenoxy) is 1. The molecule has 0 radical (unpaired) electrons. The van der Waals surface area contributed by atoms with E-state index in [-0.39, 0.29) is 19.1 Å². The summed E-state index contributed by atoms with van der Waals surface area (Å²) >= 11 is 0. The van der Waals surface area contributed by atoms with Crippen LogP contribution in [-0.2, 0) is 4.79 Å². The highest BCUT2D eigenvalue weighted by Gasteiger charge is 2.44. The lowest BCUT2D eigenvalue weighted by Gasteiger charge is -2.35. The van der Waals surface area contributed by atoms with Crippen molar-refractivity contribution in [2.24, 2.45) is 5.92 Å². The maximum Gasteiger partial charge on any atom is 0.262 e. The van der Waals surface area contributed by atoms with Crippen LogP contribution < -0.4 is 9.64 Å². The molecular formula is C22H21FN2O4. The van der Waals surface area contributed by atoms with E-state index in [1.165, 1.54) is 23.1 Å². The Balaban J connectivity index is 1.72. The summed E-state index contributed by atoms with van der Waals surface area (Å²) in [5, 5.41) is 0. The van der Waals surface area contributed by atoms with Gasteiger partial charge in [0.15, 0.2) is 0 Å². The Kier molecular flexibility index (Phi) is 4.82. The lowest BCUT2D eigenvalue weighted by molar-refractivity contribution is -0.123. The highest BCUT2D eigenvalue weighted by atomic mass is 19.1. The molecule has 2 aromatic carbocycles. The summed E-state index contributed by atoms with van der Waals surface area (Å²) in [7, 11) is 0. The smallest absolute Gasteiger partial charge is 0.262 e. The number of nitrogens with zero attached hydrogens (tertiary/aromatic N) is 2. The lowest BCUT2D eigenvalue weighted by Crippen LogP contribution is -2.53. The van der Waals surface area contributed by atoms with Crippen LogP contribution in [0.2, 0.25) is 0 Å². The first-order valence-electron chi connectivity index (χ1n) is 9.59. The Morgan fingerprint density at radius 3 is 2.38 bits per heavy atom. The zero-order valence-corrected chi connectivity index (χ0v) is 16.2. The first-order valence-corrected chi connectivity index (χ1v) is 9.59. The first kappa shape index (κ1) is 19.1. The van der Waals surface area contributed by atoms with Crippen molar-refractivity contribution in [1.29, 1.82) is 0 Å². The summed E-state index contributed by atoms with van der Waals surface area (Å²) in [6.07, 6.45) is 0.312. The molecule has 0 bridgehead atoms.